The lowest BCUT2D eigenvalue weighted by atomic mass is 10.0. The van der Waals surface area contributed by atoms with Gasteiger partial charge in [-0.1, -0.05) is 54.1 Å². The molecule has 9 heteroatoms. The van der Waals surface area contributed by atoms with Gasteiger partial charge in [-0.15, -0.1) is 0 Å². The molecule has 1 N–H and O–H groups in total. The first-order valence-corrected chi connectivity index (χ1v) is 12.3. The number of carbonyl (C=O) groups is 3. The number of hydrogen-bond acceptors (Lipinski definition) is 5. The van der Waals surface area contributed by atoms with Crippen LogP contribution in [-0.2, 0) is 14.3 Å². The molecule has 0 saturated carbocycles. The van der Waals surface area contributed by atoms with E-state index in [2.05, 4.69) is 10.2 Å². The predicted molar refractivity (Wildman–Crippen MR) is 133 cm³/mol. The van der Waals surface area contributed by atoms with E-state index in [4.69, 9.17) is 16.3 Å². The standard InChI is InChI=1S/C26H31ClN4O4/c27-22-9-5-4-8-21(22)26(34)28-23(20-6-2-1-3-7-20)18-24(32)30-12-10-29(11-13-30)19-25(33)31-14-16-35-17-15-31/h1-9,23H,10-19H2,(H,28,34). The minimum atomic E-state index is -0.478. The summed E-state index contributed by atoms with van der Waals surface area (Å²) in [6.07, 6.45) is 0.146. The maximum absolute atomic E-state index is 13.2. The summed E-state index contributed by atoms with van der Waals surface area (Å²) >= 11 is 6.20. The molecular formula is C26H31ClN4O4. The first-order valence-electron chi connectivity index (χ1n) is 12.0. The Hall–Kier alpha value is -2.94. The number of carbonyl (C=O) groups excluding carboxylic acids is 3. The highest BCUT2D eigenvalue weighted by atomic mass is 35.5. The van der Waals surface area contributed by atoms with Gasteiger partial charge in [0.1, 0.15) is 0 Å². The van der Waals surface area contributed by atoms with Crippen molar-refractivity contribution in [3.63, 3.8) is 0 Å². The molecule has 2 saturated heterocycles. The fourth-order valence-electron chi connectivity index (χ4n) is 4.38. The number of rotatable bonds is 7. The van der Waals surface area contributed by atoms with Gasteiger partial charge in [0.25, 0.3) is 5.91 Å². The summed E-state index contributed by atoms with van der Waals surface area (Å²) in [5, 5.41) is 3.36. The maximum Gasteiger partial charge on any atom is 0.253 e. The van der Waals surface area contributed by atoms with Crippen LogP contribution in [-0.4, -0.2) is 91.4 Å². The number of nitrogens with one attached hydrogen (secondary N) is 1. The van der Waals surface area contributed by atoms with Gasteiger partial charge in [0.05, 0.1) is 42.8 Å². The minimum absolute atomic E-state index is 0.0301. The van der Waals surface area contributed by atoms with Gasteiger partial charge in [-0.3, -0.25) is 19.3 Å². The third-order valence-electron chi connectivity index (χ3n) is 6.45. The molecule has 2 aromatic carbocycles. The number of hydrogen-bond donors (Lipinski definition) is 1. The molecule has 35 heavy (non-hydrogen) atoms. The van der Waals surface area contributed by atoms with Crippen molar-refractivity contribution in [3.8, 4) is 0 Å². The van der Waals surface area contributed by atoms with E-state index in [1.165, 1.54) is 0 Å². The molecule has 0 aromatic heterocycles. The van der Waals surface area contributed by atoms with Gasteiger partial charge in [0, 0.05) is 39.3 Å². The van der Waals surface area contributed by atoms with Crippen molar-refractivity contribution in [2.75, 3.05) is 59.0 Å². The average molecular weight is 499 g/mol. The van der Waals surface area contributed by atoms with E-state index in [1.807, 2.05) is 40.1 Å². The second-order valence-corrected chi connectivity index (χ2v) is 9.18. The van der Waals surface area contributed by atoms with Gasteiger partial charge in [0.15, 0.2) is 0 Å². The quantitative estimate of drug-likeness (QED) is 0.633. The molecule has 1 atom stereocenters. The summed E-state index contributed by atoms with van der Waals surface area (Å²) in [6, 6.07) is 15.9. The van der Waals surface area contributed by atoms with Crippen LogP contribution in [0, 0.1) is 0 Å². The normalized spacial score (nSPS) is 17.6. The highest BCUT2D eigenvalue weighted by Crippen LogP contribution is 2.21. The van der Waals surface area contributed by atoms with E-state index < -0.39 is 6.04 Å². The zero-order valence-electron chi connectivity index (χ0n) is 19.7. The second kappa shape index (κ2) is 12.2. The van der Waals surface area contributed by atoms with Crippen LogP contribution in [0.5, 0.6) is 0 Å². The summed E-state index contributed by atoms with van der Waals surface area (Å²) in [7, 11) is 0. The van der Waals surface area contributed by atoms with E-state index in [-0.39, 0.29) is 24.1 Å². The zero-order chi connectivity index (χ0) is 24.6. The van der Waals surface area contributed by atoms with Gasteiger partial charge < -0.3 is 19.9 Å². The van der Waals surface area contributed by atoms with Crippen molar-refractivity contribution < 1.29 is 19.1 Å². The Morgan fingerprint density at radius 2 is 1.46 bits per heavy atom. The fourth-order valence-corrected chi connectivity index (χ4v) is 4.60. The number of amides is 3. The van der Waals surface area contributed by atoms with E-state index in [0.29, 0.717) is 69.6 Å². The number of nitrogens with zero attached hydrogens (tertiary/aromatic N) is 3. The van der Waals surface area contributed by atoms with Crippen LogP contribution in [0.4, 0.5) is 0 Å². The van der Waals surface area contributed by atoms with Gasteiger partial charge in [-0.2, -0.15) is 0 Å². The third kappa shape index (κ3) is 6.81. The SMILES string of the molecule is O=C(NC(CC(=O)N1CCN(CC(=O)N2CCOCC2)CC1)c1ccccc1)c1ccccc1Cl. The predicted octanol–water partition coefficient (Wildman–Crippen LogP) is 2.20. The highest BCUT2D eigenvalue weighted by Gasteiger charge is 2.27. The van der Waals surface area contributed by atoms with Crippen LogP contribution >= 0.6 is 11.6 Å². The molecule has 2 aromatic rings. The Balaban J connectivity index is 1.34. The first kappa shape index (κ1) is 25.2. The Kier molecular flexibility index (Phi) is 8.74. The maximum atomic E-state index is 13.2. The molecule has 3 amide bonds. The molecule has 2 heterocycles. The summed E-state index contributed by atoms with van der Waals surface area (Å²) in [5.74, 6) is -0.235. The lowest BCUT2D eigenvalue weighted by molar-refractivity contribution is -0.138. The van der Waals surface area contributed by atoms with E-state index >= 15 is 0 Å². The Morgan fingerprint density at radius 3 is 2.14 bits per heavy atom. The average Bonchev–Trinajstić information content (AvgIpc) is 2.90. The summed E-state index contributed by atoms with van der Waals surface area (Å²) < 4.78 is 5.31. The molecule has 0 aliphatic carbocycles. The highest BCUT2D eigenvalue weighted by molar-refractivity contribution is 6.33. The van der Waals surface area contributed by atoms with Crippen LogP contribution in [0.1, 0.15) is 28.4 Å². The van der Waals surface area contributed by atoms with Crippen LogP contribution in [0.2, 0.25) is 5.02 Å². The van der Waals surface area contributed by atoms with Gasteiger partial charge in [-0.05, 0) is 17.7 Å². The lowest BCUT2D eigenvalue weighted by Gasteiger charge is -2.36. The number of morpholine rings is 1. The zero-order valence-corrected chi connectivity index (χ0v) is 20.5. The van der Waals surface area contributed by atoms with Crippen molar-refractivity contribution in [2.45, 2.75) is 12.5 Å². The molecule has 0 radical (unpaired) electrons. The Labute approximate surface area is 210 Å². The number of benzene rings is 2. The van der Waals surface area contributed by atoms with Crippen LogP contribution in [0.3, 0.4) is 0 Å². The van der Waals surface area contributed by atoms with Crippen molar-refractivity contribution in [1.82, 2.24) is 20.0 Å². The van der Waals surface area contributed by atoms with Crippen molar-refractivity contribution in [2.24, 2.45) is 0 Å². The van der Waals surface area contributed by atoms with Crippen LogP contribution < -0.4 is 5.32 Å². The molecule has 0 spiro atoms. The number of ether oxygens (including phenoxy) is 1. The van der Waals surface area contributed by atoms with Crippen LogP contribution in [0.25, 0.3) is 0 Å². The monoisotopic (exact) mass is 498 g/mol. The summed E-state index contributed by atoms with van der Waals surface area (Å²) in [5.41, 5.74) is 1.23. The topological polar surface area (TPSA) is 82.2 Å². The van der Waals surface area contributed by atoms with Gasteiger partial charge >= 0.3 is 0 Å². The third-order valence-corrected chi connectivity index (χ3v) is 6.78. The smallest absolute Gasteiger partial charge is 0.253 e. The van der Waals surface area contributed by atoms with Crippen molar-refractivity contribution >= 4 is 29.3 Å². The number of halogens is 1. The molecule has 8 nitrogen and oxygen atoms in total. The van der Waals surface area contributed by atoms with Gasteiger partial charge in [0.2, 0.25) is 11.8 Å². The van der Waals surface area contributed by atoms with Crippen molar-refractivity contribution in [3.05, 3.63) is 70.7 Å². The van der Waals surface area contributed by atoms with E-state index in [0.717, 1.165) is 5.56 Å². The number of piperazine rings is 1. The van der Waals surface area contributed by atoms with E-state index in [9.17, 15) is 14.4 Å². The largest absolute Gasteiger partial charge is 0.378 e. The second-order valence-electron chi connectivity index (χ2n) is 8.77. The fraction of sp³-hybridized carbons (Fsp3) is 0.423. The molecule has 2 aliphatic heterocycles. The molecular weight excluding hydrogens is 468 g/mol. The molecule has 1 unspecified atom stereocenters. The van der Waals surface area contributed by atoms with Crippen LogP contribution in [0.15, 0.2) is 54.6 Å². The molecule has 186 valence electrons. The lowest BCUT2D eigenvalue weighted by Crippen LogP contribution is -2.53. The summed E-state index contributed by atoms with van der Waals surface area (Å²) in [4.78, 5) is 44.4. The molecule has 4 rings (SSSR count). The first-order chi connectivity index (χ1) is 17.0. The minimum Gasteiger partial charge on any atom is -0.378 e. The Bertz CT molecular complexity index is 1020. The van der Waals surface area contributed by atoms with E-state index in [1.54, 1.807) is 24.3 Å². The molecule has 0 bridgehead atoms. The summed E-state index contributed by atoms with van der Waals surface area (Å²) in [6.45, 7) is 5.20. The molecule has 2 fully saturated rings. The Morgan fingerprint density at radius 1 is 0.829 bits per heavy atom. The van der Waals surface area contributed by atoms with Crippen molar-refractivity contribution in [1.29, 1.82) is 0 Å². The molecule has 2 aliphatic rings. The van der Waals surface area contributed by atoms with Gasteiger partial charge in [-0.25, -0.2) is 0 Å².